The molecule has 0 bridgehead atoms. The van der Waals surface area contributed by atoms with E-state index in [1.165, 1.54) is 10.9 Å². The highest BCUT2D eigenvalue weighted by molar-refractivity contribution is 7.17. The lowest BCUT2D eigenvalue weighted by Gasteiger charge is -2.25. The van der Waals surface area contributed by atoms with Gasteiger partial charge in [-0.25, -0.2) is 0 Å². The first-order valence-electron chi connectivity index (χ1n) is 6.35. The van der Waals surface area contributed by atoms with Crippen LogP contribution in [0.25, 0.3) is 10.1 Å². The first-order valence-corrected chi connectivity index (χ1v) is 7.23. The molecule has 0 radical (unpaired) electrons. The summed E-state index contributed by atoms with van der Waals surface area (Å²) < 4.78 is 1.16. The predicted octanol–water partition coefficient (Wildman–Crippen LogP) is 4.47. The van der Waals surface area contributed by atoms with E-state index in [2.05, 4.69) is 24.4 Å². The standard InChI is InChI=1S/C17H16OS/c1-12-6-8-14(9-7-12)17(2,18)15-5-3-4-13-10-11-19-16(13)15/h3-11,18H,1-2H3. The average molecular weight is 268 g/mol. The molecule has 2 aromatic carbocycles. The van der Waals surface area contributed by atoms with Crippen molar-refractivity contribution < 1.29 is 5.11 Å². The minimum atomic E-state index is -0.960. The maximum atomic E-state index is 11.0. The van der Waals surface area contributed by atoms with Crippen molar-refractivity contribution in [2.24, 2.45) is 0 Å². The molecule has 0 saturated heterocycles. The van der Waals surface area contributed by atoms with E-state index in [9.17, 15) is 5.11 Å². The summed E-state index contributed by atoms with van der Waals surface area (Å²) in [4.78, 5) is 0. The highest BCUT2D eigenvalue weighted by Gasteiger charge is 2.27. The molecule has 1 heterocycles. The van der Waals surface area contributed by atoms with Crippen LogP contribution >= 0.6 is 11.3 Å². The van der Waals surface area contributed by atoms with Crippen molar-refractivity contribution in [2.75, 3.05) is 0 Å². The van der Waals surface area contributed by atoms with E-state index in [4.69, 9.17) is 0 Å². The van der Waals surface area contributed by atoms with E-state index >= 15 is 0 Å². The van der Waals surface area contributed by atoms with Gasteiger partial charge in [-0.3, -0.25) is 0 Å². The molecule has 0 fully saturated rings. The van der Waals surface area contributed by atoms with Gasteiger partial charge in [-0.05, 0) is 36.2 Å². The Balaban J connectivity index is 2.18. The van der Waals surface area contributed by atoms with E-state index in [1.54, 1.807) is 11.3 Å². The molecule has 2 heteroatoms. The second-order valence-corrected chi connectivity index (χ2v) is 6.00. The largest absolute Gasteiger partial charge is 0.381 e. The van der Waals surface area contributed by atoms with Gasteiger partial charge in [0.05, 0.1) is 0 Å². The zero-order valence-electron chi connectivity index (χ0n) is 11.1. The van der Waals surface area contributed by atoms with Crippen molar-refractivity contribution in [1.29, 1.82) is 0 Å². The van der Waals surface area contributed by atoms with Crippen molar-refractivity contribution >= 4 is 21.4 Å². The van der Waals surface area contributed by atoms with Crippen LogP contribution in [0.15, 0.2) is 53.9 Å². The lowest BCUT2D eigenvalue weighted by molar-refractivity contribution is 0.104. The highest BCUT2D eigenvalue weighted by Crippen LogP contribution is 2.36. The van der Waals surface area contributed by atoms with Gasteiger partial charge in [0.2, 0.25) is 0 Å². The molecule has 0 aliphatic heterocycles. The minimum Gasteiger partial charge on any atom is -0.381 e. The molecule has 0 aliphatic carbocycles. The second kappa shape index (κ2) is 4.48. The summed E-state index contributed by atoms with van der Waals surface area (Å²) >= 11 is 1.68. The molecule has 1 nitrogen and oxygen atoms in total. The van der Waals surface area contributed by atoms with Crippen LogP contribution in [-0.2, 0) is 5.60 Å². The molecule has 3 aromatic rings. The van der Waals surface area contributed by atoms with Gasteiger partial charge in [0, 0.05) is 10.3 Å². The fraction of sp³-hybridized carbons (Fsp3) is 0.176. The fourth-order valence-corrected chi connectivity index (χ4v) is 3.43. The Labute approximate surface area is 117 Å². The molecule has 1 atom stereocenters. The number of hydrogen-bond acceptors (Lipinski definition) is 2. The van der Waals surface area contributed by atoms with E-state index in [0.29, 0.717) is 0 Å². The van der Waals surface area contributed by atoms with Gasteiger partial charge in [-0.15, -0.1) is 11.3 Å². The number of aryl methyl sites for hydroxylation is 1. The number of rotatable bonds is 2. The summed E-state index contributed by atoms with van der Waals surface area (Å²) in [7, 11) is 0. The number of fused-ring (bicyclic) bond motifs is 1. The van der Waals surface area contributed by atoms with Gasteiger partial charge >= 0.3 is 0 Å². The van der Waals surface area contributed by atoms with Crippen LogP contribution in [0.1, 0.15) is 23.6 Å². The first kappa shape index (κ1) is 12.4. The highest BCUT2D eigenvalue weighted by atomic mass is 32.1. The third kappa shape index (κ3) is 2.07. The van der Waals surface area contributed by atoms with Crippen LogP contribution < -0.4 is 0 Å². The topological polar surface area (TPSA) is 20.2 Å². The SMILES string of the molecule is Cc1ccc(C(C)(O)c2cccc3ccsc23)cc1. The lowest BCUT2D eigenvalue weighted by atomic mass is 9.87. The zero-order chi connectivity index (χ0) is 13.5. The Bertz CT molecular complexity index is 707. The van der Waals surface area contributed by atoms with Crippen LogP contribution in [0.2, 0.25) is 0 Å². The van der Waals surface area contributed by atoms with Gasteiger partial charge in [0.15, 0.2) is 0 Å². The van der Waals surface area contributed by atoms with E-state index in [-0.39, 0.29) is 0 Å². The maximum absolute atomic E-state index is 11.0. The summed E-state index contributed by atoms with van der Waals surface area (Å²) in [5.74, 6) is 0. The van der Waals surface area contributed by atoms with Gasteiger partial charge in [0.1, 0.15) is 5.60 Å². The Kier molecular flexibility index (Phi) is 2.92. The molecule has 1 N–H and O–H groups in total. The van der Waals surface area contributed by atoms with Crippen LogP contribution in [0.5, 0.6) is 0 Å². The smallest absolute Gasteiger partial charge is 0.113 e. The Hall–Kier alpha value is -1.64. The van der Waals surface area contributed by atoms with E-state index in [0.717, 1.165) is 15.8 Å². The van der Waals surface area contributed by atoms with Crippen molar-refractivity contribution in [3.05, 3.63) is 70.6 Å². The third-order valence-corrected chi connectivity index (χ3v) is 4.58. The molecular weight excluding hydrogens is 252 g/mol. The number of hydrogen-bond donors (Lipinski definition) is 1. The number of thiophene rings is 1. The van der Waals surface area contributed by atoms with Crippen LogP contribution in [0, 0.1) is 6.92 Å². The molecule has 1 aromatic heterocycles. The lowest BCUT2D eigenvalue weighted by Crippen LogP contribution is -2.22. The molecular formula is C17H16OS. The Morgan fingerprint density at radius 3 is 2.47 bits per heavy atom. The van der Waals surface area contributed by atoms with Crippen molar-refractivity contribution in [3.8, 4) is 0 Å². The first-order chi connectivity index (χ1) is 9.09. The predicted molar refractivity (Wildman–Crippen MR) is 81.7 cm³/mol. The van der Waals surface area contributed by atoms with Crippen molar-refractivity contribution in [3.63, 3.8) is 0 Å². The van der Waals surface area contributed by atoms with Crippen molar-refractivity contribution in [2.45, 2.75) is 19.4 Å². The monoisotopic (exact) mass is 268 g/mol. The van der Waals surface area contributed by atoms with Crippen LogP contribution in [0.4, 0.5) is 0 Å². The summed E-state index contributed by atoms with van der Waals surface area (Å²) in [6.45, 7) is 3.92. The summed E-state index contributed by atoms with van der Waals surface area (Å²) in [5, 5.41) is 14.2. The second-order valence-electron chi connectivity index (χ2n) is 5.08. The zero-order valence-corrected chi connectivity index (χ0v) is 11.9. The van der Waals surface area contributed by atoms with Gasteiger partial charge < -0.3 is 5.11 Å². The summed E-state index contributed by atoms with van der Waals surface area (Å²) in [5.41, 5.74) is 2.15. The van der Waals surface area contributed by atoms with Gasteiger partial charge in [0.25, 0.3) is 0 Å². The molecule has 0 aliphatic rings. The van der Waals surface area contributed by atoms with Crippen molar-refractivity contribution in [1.82, 2.24) is 0 Å². The molecule has 19 heavy (non-hydrogen) atoms. The molecule has 1 unspecified atom stereocenters. The fourth-order valence-electron chi connectivity index (χ4n) is 2.41. The quantitative estimate of drug-likeness (QED) is 0.727. The van der Waals surface area contributed by atoms with Gasteiger partial charge in [-0.1, -0.05) is 48.0 Å². The maximum Gasteiger partial charge on any atom is 0.113 e. The van der Waals surface area contributed by atoms with Crippen LogP contribution in [-0.4, -0.2) is 5.11 Å². The number of benzene rings is 2. The Morgan fingerprint density at radius 2 is 1.74 bits per heavy atom. The van der Waals surface area contributed by atoms with Gasteiger partial charge in [-0.2, -0.15) is 0 Å². The molecule has 0 amide bonds. The molecule has 96 valence electrons. The summed E-state index contributed by atoms with van der Waals surface area (Å²) in [6, 6.07) is 16.3. The number of aliphatic hydroxyl groups is 1. The van der Waals surface area contributed by atoms with E-state index in [1.807, 2.05) is 43.3 Å². The van der Waals surface area contributed by atoms with E-state index < -0.39 is 5.60 Å². The minimum absolute atomic E-state index is 0.930. The molecule has 3 rings (SSSR count). The molecule has 0 spiro atoms. The normalized spacial score (nSPS) is 14.5. The van der Waals surface area contributed by atoms with Crippen LogP contribution in [0.3, 0.4) is 0 Å². The Morgan fingerprint density at radius 1 is 1.00 bits per heavy atom. The third-order valence-electron chi connectivity index (χ3n) is 3.62. The average Bonchev–Trinajstić information content (AvgIpc) is 2.87. The summed E-state index contributed by atoms with van der Waals surface area (Å²) in [6.07, 6.45) is 0. The molecule has 0 saturated carbocycles.